The molecular weight excluding hydrogens is 475 g/mol. The summed E-state index contributed by atoms with van der Waals surface area (Å²) < 4.78 is 40.3. The number of carboxylic acid groups (broad SMARTS) is 1. The van der Waals surface area contributed by atoms with Gasteiger partial charge in [0.05, 0.1) is 11.0 Å². The van der Waals surface area contributed by atoms with Gasteiger partial charge >= 0.3 is 11.5 Å². The zero-order valence-corrected chi connectivity index (χ0v) is 20.6. The van der Waals surface area contributed by atoms with E-state index < -0.39 is 11.5 Å². The molecule has 1 saturated carbocycles. The number of rotatable bonds is 6. The van der Waals surface area contributed by atoms with Crippen LogP contribution in [0.4, 0.5) is 24.8 Å². The molecule has 0 spiro atoms. The van der Waals surface area contributed by atoms with Crippen molar-refractivity contribution in [2.75, 3.05) is 5.32 Å². The second-order valence-corrected chi connectivity index (χ2v) is 11.1. The van der Waals surface area contributed by atoms with E-state index in [4.69, 9.17) is 10.1 Å². The fraction of sp³-hybridized carbons (Fsp3) is 0.385. The maximum Gasteiger partial charge on any atom is 0.446 e. The highest BCUT2D eigenvalue weighted by molar-refractivity contribution is 8.00. The van der Waals surface area contributed by atoms with Crippen LogP contribution in [0, 0.1) is 11.3 Å². The Bertz CT molecular complexity index is 1250. The molecular formula is C26H28F3N3O2S. The Morgan fingerprint density at radius 3 is 2.54 bits per heavy atom. The minimum Gasteiger partial charge on any atom is -0.478 e. The van der Waals surface area contributed by atoms with Gasteiger partial charge in [-0.3, -0.25) is 0 Å². The molecule has 186 valence electrons. The number of hydrogen-bond donors (Lipinski definition) is 2. The molecule has 2 aromatic carbocycles. The number of benzene rings is 2. The lowest BCUT2D eigenvalue weighted by Crippen LogP contribution is -2.29. The number of aromatic nitrogens is 2. The summed E-state index contributed by atoms with van der Waals surface area (Å²) in [7, 11) is 0. The summed E-state index contributed by atoms with van der Waals surface area (Å²) in [5, 5.41) is 12.3. The molecule has 1 aliphatic carbocycles. The molecule has 3 aromatic rings. The molecule has 1 heterocycles. The van der Waals surface area contributed by atoms with Crippen molar-refractivity contribution >= 4 is 46.5 Å². The van der Waals surface area contributed by atoms with Crippen molar-refractivity contribution < 1.29 is 23.1 Å². The number of imidazole rings is 1. The van der Waals surface area contributed by atoms with Gasteiger partial charge in [-0.15, -0.1) is 0 Å². The van der Waals surface area contributed by atoms with Crippen LogP contribution in [0.2, 0.25) is 0 Å². The Morgan fingerprint density at radius 1 is 1.20 bits per heavy atom. The third-order valence-corrected chi connectivity index (χ3v) is 6.94. The number of hydrogen-bond acceptors (Lipinski definition) is 4. The van der Waals surface area contributed by atoms with Gasteiger partial charge in [-0.05, 0) is 90.4 Å². The number of anilines is 2. The molecule has 0 aliphatic heterocycles. The average Bonchev–Trinajstić information content (AvgIpc) is 3.08. The van der Waals surface area contributed by atoms with Crippen molar-refractivity contribution in [3.63, 3.8) is 0 Å². The normalized spacial score (nSPS) is 20.4. The van der Waals surface area contributed by atoms with Crippen LogP contribution < -0.4 is 5.32 Å². The van der Waals surface area contributed by atoms with Crippen LogP contribution >= 0.6 is 11.8 Å². The fourth-order valence-electron chi connectivity index (χ4n) is 5.21. The molecule has 0 saturated heterocycles. The zero-order valence-electron chi connectivity index (χ0n) is 19.8. The highest BCUT2D eigenvalue weighted by Gasteiger charge is 2.34. The van der Waals surface area contributed by atoms with E-state index in [2.05, 4.69) is 30.7 Å². The van der Waals surface area contributed by atoms with Gasteiger partial charge < -0.3 is 15.0 Å². The molecule has 35 heavy (non-hydrogen) atoms. The monoisotopic (exact) mass is 503 g/mol. The SMILES string of the molecule is C[C@H]1C[C@@H](n2c(Nc3ccc(SC(F)(F)F)cc3)nc3cc(C=CC(=O)O)ccc32)CC(C)(C)C1. The van der Waals surface area contributed by atoms with E-state index in [1.54, 1.807) is 12.1 Å². The lowest BCUT2D eigenvalue weighted by atomic mass is 9.70. The van der Waals surface area contributed by atoms with Crippen molar-refractivity contribution in [2.45, 2.75) is 56.5 Å². The third kappa shape index (κ3) is 6.39. The summed E-state index contributed by atoms with van der Waals surface area (Å²) in [4.78, 5) is 15.8. The van der Waals surface area contributed by atoms with E-state index in [0.29, 0.717) is 17.6 Å². The van der Waals surface area contributed by atoms with Gasteiger partial charge in [-0.2, -0.15) is 13.2 Å². The number of thioether (sulfide) groups is 1. The molecule has 2 atom stereocenters. The van der Waals surface area contributed by atoms with Gasteiger partial charge in [-0.1, -0.05) is 26.8 Å². The van der Waals surface area contributed by atoms with E-state index in [1.165, 1.54) is 18.2 Å². The van der Waals surface area contributed by atoms with Crippen molar-refractivity contribution in [1.82, 2.24) is 9.55 Å². The van der Waals surface area contributed by atoms with Gasteiger partial charge in [0.2, 0.25) is 5.95 Å². The number of nitrogens with one attached hydrogen (secondary N) is 1. The van der Waals surface area contributed by atoms with Crippen molar-refractivity contribution in [2.24, 2.45) is 11.3 Å². The summed E-state index contributed by atoms with van der Waals surface area (Å²) in [6, 6.07) is 12.0. The Kier molecular flexibility index (Phi) is 6.90. The number of carbonyl (C=O) groups is 1. The maximum absolute atomic E-state index is 12.7. The highest BCUT2D eigenvalue weighted by Crippen LogP contribution is 2.46. The number of alkyl halides is 3. The van der Waals surface area contributed by atoms with Crippen LogP contribution in [-0.2, 0) is 4.79 Å². The number of fused-ring (bicyclic) bond motifs is 1. The number of halogens is 3. The predicted octanol–water partition coefficient (Wildman–Crippen LogP) is 7.88. The quantitative estimate of drug-likeness (QED) is 0.265. The first-order valence-electron chi connectivity index (χ1n) is 11.4. The molecule has 5 nitrogen and oxygen atoms in total. The van der Waals surface area contributed by atoms with Crippen LogP contribution in [0.25, 0.3) is 17.1 Å². The molecule has 0 bridgehead atoms. The first kappa shape index (κ1) is 25.2. The van der Waals surface area contributed by atoms with Gasteiger partial charge in [0.25, 0.3) is 0 Å². The van der Waals surface area contributed by atoms with Gasteiger partial charge in [-0.25, -0.2) is 9.78 Å². The molecule has 9 heteroatoms. The number of aliphatic carboxylic acids is 1. The summed E-state index contributed by atoms with van der Waals surface area (Å²) in [6.45, 7) is 6.80. The standard InChI is InChI=1S/C26H28F3N3O2S/c1-16-12-19(15-25(2,3)14-16)32-22-10-4-17(5-11-23(33)34)13-21(22)31-24(32)30-18-6-8-20(9-7-18)35-26(27,28)29/h4-11,13,16,19H,12,14-15H2,1-3H3,(H,30,31)(H,33,34)/t16-,19+/m0/s1. The molecule has 1 fully saturated rings. The molecule has 1 aliphatic rings. The Balaban J connectivity index is 1.73. The van der Waals surface area contributed by atoms with Gasteiger partial charge in [0.1, 0.15) is 0 Å². The highest BCUT2D eigenvalue weighted by atomic mass is 32.2. The van der Waals surface area contributed by atoms with Crippen molar-refractivity contribution in [1.29, 1.82) is 0 Å². The third-order valence-electron chi connectivity index (χ3n) is 6.20. The summed E-state index contributed by atoms with van der Waals surface area (Å²) in [5.74, 6) is 0.125. The van der Waals surface area contributed by atoms with Crippen LogP contribution in [0.5, 0.6) is 0 Å². The number of nitrogens with zero attached hydrogens (tertiary/aromatic N) is 2. The molecule has 4 rings (SSSR count). The van der Waals surface area contributed by atoms with Crippen LogP contribution in [0.15, 0.2) is 53.4 Å². The lowest BCUT2D eigenvalue weighted by molar-refractivity contribution is -0.131. The van der Waals surface area contributed by atoms with E-state index in [0.717, 1.165) is 41.9 Å². The minimum atomic E-state index is -4.33. The summed E-state index contributed by atoms with van der Waals surface area (Å²) in [5.41, 5.74) is -1.15. The Hall–Kier alpha value is -2.94. The molecule has 2 N–H and O–H groups in total. The van der Waals surface area contributed by atoms with Crippen molar-refractivity contribution in [3.8, 4) is 0 Å². The van der Waals surface area contributed by atoms with E-state index in [1.807, 2.05) is 18.2 Å². The van der Waals surface area contributed by atoms with Crippen LogP contribution in [0.1, 0.15) is 51.6 Å². The molecule has 0 unspecified atom stereocenters. The van der Waals surface area contributed by atoms with Crippen LogP contribution in [0.3, 0.4) is 0 Å². The van der Waals surface area contributed by atoms with E-state index in [9.17, 15) is 18.0 Å². The second kappa shape index (κ2) is 9.60. The lowest BCUT2D eigenvalue weighted by Gasteiger charge is -2.40. The first-order valence-corrected chi connectivity index (χ1v) is 12.3. The first-order chi connectivity index (χ1) is 16.4. The smallest absolute Gasteiger partial charge is 0.446 e. The van der Waals surface area contributed by atoms with E-state index in [-0.39, 0.29) is 28.1 Å². The fourth-order valence-corrected chi connectivity index (χ4v) is 5.75. The Morgan fingerprint density at radius 2 is 1.91 bits per heavy atom. The zero-order chi connectivity index (χ0) is 25.4. The predicted molar refractivity (Wildman–Crippen MR) is 134 cm³/mol. The molecule has 1 aromatic heterocycles. The molecule has 0 radical (unpaired) electrons. The maximum atomic E-state index is 12.7. The summed E-state index contributed by atoms with van der Waals surface area (Å²) in [6.07, 6.45) is 5.71. The Labute approximate surface area is 206 Å². The topological polar surface area (TPSA) is 67.2 Å². The van der Waals surface area contributed by atoms with Crippen LogP contribution in [-0.4, -0.2) is 26.1 Å². The molecule has 0 amide bonds. The largest absolute Gasteiger partial charge is 0.478 e. The summed E-state index contributed by atoms with van der Waals surface area (Å²) >= 11 is -0.143. The number of carboxylic acids is 1. The van der Waals surface area contributed by atoms with Crippen molar-refractivity contribution in [3.05, 3.63) is 54.1 Å². The second-order valence-electron chi connectivity index (χ2n) is 9.99. The minimum absolute atomic E-state index is 0.120. The van der Waals surface area contributed by atoms with E-state index >= 15 is 0 Å². The van der Waals surface area contributed by atoms with Gasteiger partial charge in [0.15, 0.2) is 0 Å². The van der Waals surface area contributed by atoms with Gasteiger partial charge in [0, 0.05) is 22.7 Å². The average molecular weight is 504 g/mol.